The summed E-state index contributed by atoms with van der Waals surface area (Å²) < 4.78 is 6.34. The second kappa shape index (κ2) is 47.0. The van der Waals surface area contributed by atoms with E-state index in [1.54, 1.807) is 27.0 Å². The molecule has 9 aromatic rings. The highest BCUT2D eigenvalue weighted by molar-refractivity contribution is 9.11. The minimum absolute atomic E-state index is 0.0627. The van der Waals surface area contributed by atoms with E-state index in [0.29, 0.717) is 82.2 Å². The Morgan fingerprint density at radius 3 is 1.10 bits per heavy atom. The monoisotopic (exact) mass is 2230 g/mol. The summed E-state index contributed by atoms with van der Waals surface area (Å²) in [5, 5.41) is 3.61. The second-order valence-corrected chi connectivity index (χ2v) is 46.1. The quantitative estimate of drug-likeness (QED) is 0.105. The first-order chi connectivity index (χ1) is 67.1. The number of aromatic nitrogens is 5. The minimum Gasteiger partial charge on any atom is -0.343 e. The SMILES string of the molecule is CC(=O)N1CCC(CC(=O)N2CCC([C@H]3c4ncc(Br)cc4CCc4cccc(Cl)c43)CC2)CC1.CC(=O)N1CCC(CC(=O)N2CCC([C@H]3c4ncc(Cl)cc4CCc4cc(Cl)cc(Cl)c43)CC2)CC1.CC(=O)N1CCC(CC(=O)N2CCC([C@H]3c4ncccc4CCc4cc(Br)cc(Br)c43)CC2)CC1.C[n+]1ccc(CC(=O)N2CCC([C@H]3c4ncccc4CCc4cc(Cl)cc(Br)c43)CC2)cc1. The highest BCUT2D eigenvalue weighted by atomic mass is 79.9. The van der Waals surface area contributed by atoms with Crippen LogP contribution in [-0.4, -0.2) is 187 Å². The van der Waals surface area contributed by atoms with E-state index in [1.165, 1.54) is 72.6 Å². The van der Waals surface area contributed by atoms with Crippen LogP contribution < -0.4 is 4.57 Å². The van der Waals surface area contributed by atoms with Gasteiger partial charge in [-0.2, -0.15) is 0 Å². The number of benzene rings is 4. The molecule has 4 aliphatic carbocycles. The summed E-state index contributed by atoms with van der Waals surface area (Å²) in [6.45, 7) is 15.8. The van der Waals surface area contributed by atoms with E-state index in [1.807, 2.05) is 116 Å². The number of hydrogen-bond donors (Lipinski definition) is 0. The van der Waals surface area contributed by atoms with Crippen LogP contribution in [0.15, 0.2) is 158 Å². The lowest BCUT2D eigenvalue weighted by molar-refractivity contribution is -0.671. The highest BCUT2D eigenvalue weighted by Crippen LogP contribution is 2.52. The van der Waals surface area contributed by atoms with Gasteiger partial charge in [0.2, 0.25) is 41.4 Å². The maximum atomic E-state index is 13.1. The first-order valence-electron chi connectivity index (χ1n) is 50.3. The number of rotatable bonds is 12. The van der Waals surface area contributed by atoms with Crippen molar-refractivity contribution in [2.45, 2.75) is 211 Å². The zero-order valence-corrected chi connectivity index (χ0v) is 90.2. The molecule has 4 atom stereocenters. The molecular formula is C111H126Br4Cl5N12O7+. The third kappa shape index (κ3) is 24.8. The number of aryl methyl sites for hydroxylation is 9. The van der Waals surface area contributed by atoms with Gasteiger partial charge >= 0.3 is 0 Å². The molecule has 734 valence electrons. The second-order valence-electron chi connectivity index (χ2n) is 40.5. The van der Waals surface area contributed by atoms with Crippen molar-refractivity contribution in [1.82, 2.24) is 54.2 Å². The maximum Gasteiger partial charge on any atom is 0.226 e. The molecule has 7 fully saturated rings. The standard InChI is InChI=1S/C28H33Br2N3O2.C28H33BrClN3O2.C28H32Cl3N3O2.C27H28BrClN3O/c1-18(34)32-11-6-19(7-12-32)15-25(35)33-13-8-20(9-14-33)27-26-22(16-23(29)17-24(26)30)5-4-21-3-2-10-31-28(21)27;1-18(34)32-11-7-19(8-12-32)15-25(35)33-13-9-21(10-14-33)27-26-20(3-2-4-24(26)30)5-6-22-16-23(29)17-31-28(22)27;1-17(35)33-8-4-18(5-9-33)12-25(36)34-10-6-19(7-11-34)27-26-20(13-22(29)15-24(26)31)2-3-21-14-23(30)16-32-28(21)27;1-31-11-6-18(7-12-31)15-24(33)32-13-8-19(9-14-32)26-25-21(16-22(29)17-23(25)28)5-4-20-3-2-10-30-27(20)26/h2-3,10,16-17,19-20,27H,4-9,11-15H2,1H3;2-4,16-17,19,21,27H,5-15H2,1H3;13-16,18-19,27H,2-12H2,1H3;2-3,6-7,10-12,16-17,19,26H,4-5,8-9,13-15H2,1H3/q;;;+1/t3*27-;26-/m1111/s1. The molecule has 4 aromatic carbocycles. The molecule has 0 spiro atoms. The molecule has 7 saturated heterocycles. The van der Waals surface area contributed by atoms with Gasteiger partial charge in [-0.05, 0) is 338 Å². The van der Waals surface area contributed by atoms with Crippen LogP contribution in [0, 0.1) is 41.4 Å². The highest BCUT2D eigenvalue weighted by Gasteiger charge is 2.44. The normalized spacial score (nSPS) is 20.5. The zero-order valence-electron chi connectivity index (χ0n) is 80.0. The predicted octanol–water partition coefficient (Wildman–Crippen LogP) is 22.5. The molecule has 7 amide bonds. The van der Waals surface area contributed by atoms with Crippen molar-refractivity contribution in [1.29, 1.82) is 0 Å². The van der Waals surface area contributed by atoms with Crippen LogP contribution in [0.4, 0.5) is 0 Å². The number of nitrogens with zero attached hydrogens (tertiary/aromatic N) is 12. The van der Waals surface area contributed by atoms with Crippen LogP contribution >= 0.6 is 122 Å². The van der Waals surface area contributed by atoms with E-state index >= 15 is 0 Å². The molecule has 0 saturated carbocycles. The summed E-state index contributed by atoms with van der Waals surface area (Å²) in [6.07, 6.45) is 34.6. The van der Waals surface area contributed by atoms with E-state index in [9.17, 15) is 33.6 Å². The third-order valence-electron chi connectivity index (χ3n) is 32.0. The summed E-state index contributed by atoms with van der Waals surface area (Å²) >= 11 is 47.7. The fourth-order valence-corrected chi connectivity index (χ4v) is 28.6. The Hall–Kier alpha value is -7.71. The van der Waals surface area contributed by atoms with Crippen LogP contribution in [0.2, 0.25) is 25.1 Å². The largest absolute Gasteiger partial charge is 0.343 e. The summed E-state index contributed by atoms with van der Waals surface area (Å²) in [5.41, 5.74) is 21.2. The Kier molecular flexibility index (Phi) is 34.7. The number of pyridine rings is 5. The van der Waals surface area contributed by atoms with Crippen LogP contribution in [-0.2, 0) is 98.4 Å². The Morgan fingerprint density at radius 2 is 0.655 bits per heavy atom. The molecule has 20 rings (SSSR count). The van der Waals surface area contributed by atoms with Crippen LogP contribution in [0.5, 0.6) is 0 Å². The molecule has 28 heteroatoms. The number of carbonyl (C=O) groups excluding carboxylic acids is 7. The number of carbonyl (C=O) groups is 7. The van der Waals surface area contributed by atoms with Crippen molar-refractivity contribution < 1.29 is 38.1 Å². The van der Waals surface area contributed by atoms with Gasteiger partial charge in [-0.15, -0.1) is 0 Å². The van der Waals surface area contributed by atoms with Gasteiger partial charge in [0, 0.05) is 230 Å². The van der Waals surface area contributed by atoms with E-state index in [0.717, 1.165) is 283 Å². The van der Waals surface area contributed by atoms with Crippen molar-refractivity contribution >= 4 is 163 Å². The van der Waals surface area contributed by atoms with Crippen LogP contribution in [0.1, 0.15) is 249 Å². The number of hydrogen-bond acceptors (Lipinski definition) is 11. The Morgan fingerprint density at radius 1 is 0.324 bits per heavy atom. The van der Waals surface area contributed by atoms with E-state index in [4.69, 9.17) is 77.9 Å². The topological polar surface area (TPSA) is 198 Å². The zero-order chi connectivity index (χ0) is 97.4. The molecule has 12 heterocycles. The Labute approximate surface area is 877 Å². The molecule has 0 radical (unpaired) electrons. The molecule has 19 nitrogen and oxygen atoms in total. The average molecular weight is 2240 g/mol. The molecule has 5 aromatic heterocycles. The van der Waals surface area contributed by atoms with Gasteiger partial charge in [-0.3, -0.25) is 53.5 Å². The number of likely N-dealkylation sites (tertiary alicyclic amines) is 7. The lowest BCUT2D eigenvalue weighted by Crippen LogP contribution is -2.42. The molecular weight excluding hydrogens is 2110 g/mol. The fourth-order valence-electron chi connectivity index (χ4n) is 24.4. The third-order valence-corrected chi connectivity index (χ3v) is 35.5. The van der Waals surface area contributed by atoms with E-state index < -0.39 is 0 Å². The fraction of sp³-hybridized carbons (Fsp3) is 0.495. The lowest BCUT2D eigenvalue weighted by atomic mass is 9.76. The molecule has 7 aliphatic heterocycles. The van der Waals surface area contributed by atoms with E-state index in [2.05, 4.69) is 128 Å². The van der Waals surface area contributed by atoms with Crippen LogP contribution in [0.3, 0.4) is 0 Å². The first-order valence-corrected chi connectivity index (χ1v) is 55.3. The summed E-state index contributed by atoms with van der Waals surface area (Å²) in [6, 6.07) is 35.6. The number of fused-ring (bicyclic) bond motifs is 8. The van der Waals surface area contributed by atoms with Crippen molar-refractivity contribution in [2.24, 2.45) is 48.5 Å². The lowest BCUT2D eigenvalue weighted by Gasteiger charge is -2.38. The van der Waals surface area contributed by atoms with E-state index in [-0.39, 0.29) is 65.0 Å². The number of amides is 7. The molecule has 139 heavy (non-hydrogen) atoms. The summed E-state index contributed by atoms with van der Waals surface area (Å²) in [4.78, 5) is 121. The van der Waals surface area contributed by atoms with Gasteiger partial charge in [0.05, 0.1) is 34.2 Å². The average Bonchev–Trinajstić information content (AvgIpc) is 1.76. The van der Waals surface area contributed by atoms with Crippen molar-refractivity contribution in [3.05, 3.63) is 278 Å². The molecule has 0 unspecified atom stereocenters. The van der Waals surface area contributed by atoms with Gasteiger partial charge in [-0.1, -0.05) is 130 Å². The number of halogens is 9. The Bertz CT molecular complexity index is 5910. The first kappa shape index (κ1) is 103. The van der Waals surface area contributed by atoms with Gasteiger partial charge in [0.15, 0.2) is 12.4 Å². The van der Waals surface area contributed by atoms with Crippen molar-refractivity contribution in [3.8, 4) is 0 Å². The van der Waals surface area contributed by atoms with Crippen LogP contribution in [0.25, 0.3) is 0 Å². The smallest absolute Gasteiger partial charge is 0.226 e. The van der Waals surface area contributed by atoms with Gasteiger partial charge < -0.3 is 34.3 Å². The molecule has 0 N–H and O–H groups in total. The van der Waals surface area contributed by atoms with Gasteiger partial charge in [0.25, 0.3) is 0 Å². The number of piperidine rings is 7. The van der Waals surface area contributed by atoms with Gasteiger partial charge in [0.1, 0.15) is 7.05 Å². The van der Waals surface area contributed by atoms with Crippen molar-refractivity contribution in [2.75, 3.05) is 91.6 Å². The predicted molar refractivity (Wildman–Crippen MR) is 563 cm³/mol. The minimum atomic E-state index is 0.0627. The molecule has 11 aliphatic rings. The van der Waals surface area contributed by atoms with Gasteiger partial charge in [-0.25, -0.2) is 4.57 Å². The summed E-state index contributed by atoms with van der Waals surface area (Å²) in [5.74, 6) is 4.90. The Balaban J connectivity index is 0.000000128. The van der Waals surface area contributed by atoms with Crippen molar-refractivity contribution in [3.63, 3.8) is 0 Å². The summed E-state index contributed by atoms with van der Waals surface area (Å²) in [7, 11) is 1.99. The maximum absolute atomic E-state index is 13.1. The molecule has 0 bridgehead atoms.